The van der Waals surface area contributed by atoms with Gasteiger partial charge in [0.1, 0.15) is 6.04 Å². The highest BCUT2D eigenvalue weighted by atomic mass is 32.1. The van der Waals surface area contributed by atoms with Gasteiger partial charge in [0.05, 0.1) is 5.01 Å². The third-order valence-corrected chi connectivity index (χ3v) is 8.76. The van der Waals surface area contributed by atoms with Crippen molar-refractivity contribution in [2.24, 2.45) is 0 Å². The highest BCUT2D eigenvalue weighted by Gasteiger charge is 2.33. The van der Waals surface area contributed by atoms with E-state index >= 15 is 0 Å². The van der Waals surface area contributed by atoms with E-state index in [9.17, 15) is 9.59 Å². The van der Waals surface area contributed by atoms with Gasteiger partial charge in [-0.3, -0.25) is 4.79 Å². The lowest BCUT2D eigenvalue weighted by atomic mass is 9.92. The molecule has 2 atom stereocenters. The molecule has 3 N–H and O–H groups in total. The fourth-order valence-corrected chi connectivity index (χ4v) is 6.48. The van der Waals surface area contributed by atoms with Gasteiger partial charge in [-0.05, 0) is 63.2 Å². The van der Waals surface area contributed by atoms with E-state index in [-0.39, 0.29) is 17.9 Å². The number of hydrogen-bond donors (Lipinski definition) is 3. The summed E-state index contributed by atoms with van der Waals surface area (Å²) < 4.78 is 0. The number of rotatable bonds is 8. The molecule has 3 heterocycles. The third-order valence-electron chi connectivity index (χ3n) is 7.63. The highest BCUT2D eigenvalue weighted by Crippen LogP contribution is 2.31. The van der Waals surface area contributed by atoms with Crippen molar-refractivity contribution in [3.05, 3.63) is 81.9 Å². The SMILES string of the molecule is Cc1csc(C2CCN(C(=O)N[C@@H](C(=O)Nc3cccc(CN(C)C)c3)[C@@H](C)c3c[nH]c4ccccc34)CC2)n1. The summed E-state index contributed by atoms with van der Waals surface area (Å²) in [5.74, 6) is -0.122. The van der Waals surface area contributed by atoms with Crippen molar-refractivity contribution >= 4 is 39.9 Å². The van der Waals surface area contributed by atoms with Crippen LogP contribution in [0.1, 0.15) is 53.4 Å². The van der Waals surface area contributed by atoms with Crippen LogP contribution in [0.5, 0.6) is 0 Å². The number of anilines is 1. The Morgan fingerprint density at radius 1 is 1.15 bits per heavy atom. The highest BCUT2D eigenvalue weighted by molar-refractivity contribution is 7.09. The topological polar surface area (TPSA) is 93.4 Å². The first-order valence-corrected chi connectivity index (χ1v) is 14.7. The number of nitrogens with zero attached hydrogens (tertiary/aromatic N) is 3. The number of thiazole rings is 1. The molecule has 2 aromatic carbocycles. The molecule has 1 aliphatic rings. The number of amides is 3. The van der Waals surface area contributed by atoms with Gasteiger partial charge < -0.3 is 25.4 Å². The van der Waals surface area contributed by atoms with Crippen LogP contribution in [-0.4, -0.2) is 64.9 Å². The van der Waals surface area contributed by atoms with Crippen LogP contribution in [0, 0.1) is 6.92 Å². The van der Waals surface area contributed by atoms with Crippen LogP contribution in [0.15, 0.2) is 60.1 Å². The van der Waals surface area contributed by atoms with Gasteiger partial charge in [-0.25, -0.2) is 9.78 Å². The van der Waals surface area contributed by atoms with E-state index in [2.05, 4.69) is 30.9 Å². The molecular weight excluding hydrogens is 520 g/mol. The summed E-state index contributed by atoms with van der Waals surface area (Å²) in [5.41, 5.74) is 4.87. The molecule has 210 valence electrons. The number of benzene rings is 2. The molecule has 0 bridgehead atoms. The number of piperidine rings is 1. The molecule has 5 rings (SSSR count). The van der Waals surface area contributed by atoms with Crippen molar-refractivity contribution in [3.63, 3.8) is 0 Å². The predicted octanol–water partition coefficient (Wildman–Crippen LogP) is 5.69. The average Bonchev–Trinajstić information content (AvgIpc) is 3.57. The molecule has 2 aromatic heterocycles. The van der Waals surface area contributed by atoms with Gasteiger partial charge in [-0.2, -0.15) is 0 Å². The summed E-state index contributed by atoms with van der Waals surface area (Å²) in [6, 6.07) is 14.9. The number of aryl methyl sites for hydroxylation is 1. The number of para-hydroxylation sites is 1. The second-order valence-electron chi connectivity index (χ2n) is 11.0. The summed E-state index contributed by atoms with van der Waals surface area (Å²) in [4.78, 5) is 39.2. The van der Waals surface area contributed by atoms with Gasteiger partial charge in [0.25, 0.3) is 0 Å². The molecular formula is C31H38N6O2S. The molecule has 4 aromatic rings. The van der Waals surface area contributed by atoms with Gasteiger partial charge >= 0.3 is 6.03 Å². The number of aromatic amines is 1. The molecule has 0 spiro atoms. The Bertz CT molecular complexity index is 1470. The molecule has 9 heteroatoms. The molecule has 40 heavy (non-hydrogen) atoms. The number of aromatic nitrogens is 2. The normalized spacial score (nSPS) is 15.8. The Labute approximate surface area is 239 Å². The van der Waals surface area contributed by atoms with Crippen molar-refractivity contribution < 1.29 is 9.59 Å². The average molecular weight is 559 g/mol. The zero-order valence-electron chi connectivity index (χ0n) is 23.6. The zero-order chi connectivity index (χ0) is 28.2. The fraction of sp³-hybridized carbons (Fsp3) is 0.387. The number of hydrogen-bond acceptors (Lipinski definition) is 5. The van der Waals surface area contributed by atoms with Crippen LogP contribution in [0.3, 0.4) is 0 Å². The van der Waals surface area contributed by atoms with Crippen LogP contribution in [0.4, 0.5) is 10.5 Å². The maximum absolute atomic E-state index is 13.8. The molecule has 1 aliphatic heterocycles. The van der Waals surface area contributed by atoms with Crippen LogP contribution >= 0.6 is 11.3 Å². The summed E-state index contributed by atoms with van der Waals surface area (Å²) >= 11 is 1.70. The number of likely N-dealkylation sites (tertiary alicyclic amines) is 1. The summed E-state index contributed by atoms with van der Waals surface area (Å²) in [7, 11) is 4.03. The molecule has 1 saturated heterocycles. The van der Waals surface area contributed by atoms with Gasteiger partial charge in [0, 0.05) is 65.3 Å². The first-order valence-electron chi connectivity index (χ1n) is 13.9. The van der Waals surface area contributed by atoms with Crippen molar-refractivity contribution in [1.82, 2.24) is 25.1 Å². The first kappa shape index (κ1) is 27.9. The van der Waals surface area contributed by atoms with Crippen molar-refractivity contribution in [1.29, 1.82) is 0 Å². The van der Waals surface area contributed by atoms with Crippen LogP contribution in [-0.2, 0) is 11.3 Å². The standard InChI is InChI=1S/C31H38N6O2S/c1-20-19-40-30(33-20)23-12-14-37(15-13-23)31(39)35-28(21(2)26-17-32-27-11-6-5-10-25(26)27)29(38)34-24-9-7-8-22(16-24)18-36(3)4/h5-11,16-17,19,21,23,28,32H,12-15,18H2,1-4H3,(H,34,38)(H,35,39)/t21-,28+/m0/s1. The second-order valence-corrected chi connectivity index (χ2v) is 11.9. The van der Waals surface area contributed by atoms with Gasteiger partial charge in [-0.15, -0.1) is 11.3 Å². The Hall–Kier alpha value is -3.69. The predicted molar refractivity (Wildman–Crippen MR) is 162 cm³/mol. The fourth-order valence-electron chi connectivity index (χ4n) is 5.51. The monoisotopic (exact) mass is 558 g/mol. The summed E-state index contributed by atoms with van der Waals surface area (Å²) in [6.45, 7) is 6.06. The van der Waals surface area contributed by atoms with E-state index in [0.717, 1.165) is 52.1 Å². The van der Waals surface area contributed by atoms with Crippen molar-refractivity contribution in [2.75, 3.05) is 32.5 Å². The second kappa shape index (κ2) is 12.2. The first-order chi connectivity index (χ1) is 19.3. The summed E-state index contributed by atoms with van der Waals surface area (Å²) in [6.07, 6.45) is 3.68. The molecule has 0 unspecified atom stereocenters. The quantitative estimate of drug-likeness (QED) is 0.259. The number of urea groups is 1. The van der Waals surface area contributed by atoms with Gasteiger partial charge in [0.15, 0.2) is 0 Å². The number of nitrogens with one attached hydrogen (secondary N) is 3. The van der Waals surface area contributed by atoms with E-state index < -0.39 is 6.04 Å². The Kier molecular flexibility index (Phi) is 8.52. The lowest BCUT2D eigenvalue weighted by molar-refractivity contribution is -0.118. The largest absolute Gasteiger partial charge is 0.361 e. The number of carbonyl (C=O) groups is 2. The van der Waals surface area contributed by atoms with E-state index in [0.29, 0.717) is 24.7 Å². The smallest absolute Gasteiger partial charge is 0.318 e. The third kappa shape index (κ3) is 6.37. The van der Waals surface area contributed by atoms with Crippen LogP contribution in [0.25, 0.3) is 10.9 Å². The van der Waals surface area contributed by atoms with Gasteiger partial charge in [-0.1, -0.05) is 37.3 Å². The van der Waals surface area contributed by atoms with E-state index in [1.54, 1.807) is 11.3 Å². The van der Waals surface area contributed by atoms with Crippen LogP contribution in [0.2, 0.25) is 0 Å². The van der Waals surface area contributed by atoms with Crippen LogP contribution < -0.4 is 10.6 Å². The van der Waals surface area contributed by atoms with Crippen molar-refractivity contribution in [2.45, 2.75) is 51.1 Å². The van der Waals surface area contributed by atoms with Crippen molar-refractivity contribution in [3.8, 4) is 0 Å². The van der Waals surface area contributed by atoms with E-state index in [4.69, 9.17) is 0 Å². The molecule has 0 radical (unpaired) electrons. The molecule has 8 nitrogen and oxygen atoms in total. The Morgan fingerprint density at radius 3 is 2.65 bits per heavy atom. The maximum Gasteiger partial charge on any atom is 0.318 e. The lowest BCUT2D eigenvalue weighted by Gasteiger charge is -2.33. The molecule has 0 aliphatic carbocycles. The molecule has 1 fully saturated rings. The molecule has 0 saturated carbocycles. The molecule has 3 amide bonds. The lowest BCUT2D eigenvalue weighted by Crippen LogP contribution is -2.53. The number of fused-ring (bicyclic) bond motifs is 1. The zero-order valence-corrected chi connectivity index (χ0v) is 24.4. The maximum atomic E-state index is 13.8. The summed E-state index contributed by atoms with van der Waals surface area (Å²) in [5, 5.41) is 10.5. The van der Waals surface area contributed by atoms with E-state index in [1.807, 2.05) is 87.6 Å². The minimum absolute atomic E-state index is 0.207. The van der Waals surface area contributed by atoms with E-state index in [1.165, 1.54) is 0 Å². The minimum atomic E-state index is -0.761. The number of carbonyl (C=O) groups excluding carboxylic acids is 2. The Morgan fingerprint density at radius 2 is 1.93 bits per heavy atom. The number of H-pyrrole nitrogens is 1. The van der Waals surface area contributed by atoms with Gasteiger partial charge in [0.2, 0.25) is 5.91 Å². The minimum Gasteiger partial charge on any atom is -0.361 e. The Balaban J connectivity index is 1.34.